The number of nitrogens with zero attached hydrogens (tertiary/aromatic N) is 1. The van der Waals surface area contributed by atoms with Gasteiger partial charge in [-0.05, 0) is 24.6 Å². The Kier molecular flexibility index (Phi) is 8.06. The van der Waals surface area contributed by atoms with E-state index in [1.54, 1.807) is 23.1 Å². The molecule has 0 saturated carbocycles. The van der Waals surface area contributed by atoms with Crippen molar-refractivity contribution in [2.24, 2.45) is 5.92 Å². The van der Waals surface area contributed by atoms with Crippen LogP contribution in [0, 0.1) is 5.92 Å². The average Bonchev–Trinajstić information content (AvgIpc) is 2.65. The van der Waals surface area contributed by atoms with E-state index in [0.29, 0.717) is 43.5 Å². The van der Waals surface area contributed by atoms with E-state index in [1.165, 1.54) is 0 Å². The minimum atomic E-state index is -0.532. The molecule has 0 radical (unpaired) electrons. The van der Waals surface area contributed by atoms with E-state index in [9.17, 15) is 14.4 Å². The maximum absolute atomic E-state index is 12.3. The van der Waals surface area contributed by atoms with Crippen molar-refractivity contribution < 1.29 is 23.9 Å². The van der Waals surface area contributed by atoms with Crippen LogP contribution in [0.5, 0.6) is 11.5 Å². The molecule has 9 nitrogen and oxygen atoms in total. The van der Waals surface area contributed by atoms with E-state index >= 15 is 0 Å². The van der Waals surface area contributed by atoms with E-state index in [2.05, 4.69) is 16.0 Å². The lowest BCUT2D eigenvalue weighted by Gasteiger charge is -2.21. The van der Waals surface area contributed by atoms with E-state index in [1.807, 2.05) is 20.8 Å². The van der Waals surface area contributed by atoms with Crippen LogP contribution in [0.25, 0.3) is 0 Å². The van der Waals surface area contributed by atoms with Crippen molar-refractivity contribution in [1.29, 1.82) is 0 Å². The SMILES string of the molecule is CCN(CC(=O)NC(=O)NCC(C)C)CC(=O)Nc1ccc2c(c1)OCCO2. The number of hydrogen-bond acceptors (Lipinski definition) is 6. The standard InChI is InChI=1S/C19H28N4O5/c1-4-23(12-18(25)22-19(26)20-10-13(2)3)11-17(24)21-14-5-6-15-16(9-14)28-8-7-27-15/h5-6,9,13H,4,7-8,10-12H2,1-3H3,(H,21,24)(H2,20,22,25,26). The summed E-state index contributed by atoms with van der Waals surface area (Å²) in [6.07, 6.45) is 0. The number of carbonyl (C=O) groups is 3. The smallest absolute Gasteiger partial charge is 0.321 e. The third kappa shape index (κ3) is 7.07. The molecule has 4 amide bonds. The molecule has 0 aromatic heterocycles. The molecule has 0 saturated heterocycles. The lowest BCUT2D eigenvalue weighted by Crippen LogP contribution is -2.46. The number of anilines is 1. The number of benzene rings is 1. The summed E-state index contributed by atoms with van der Waals surface area (Å²) in [5.74, 6) is 0.790. The highest BCUT2D eigenvalue weighted by Crippen LogP contribution is 2.32. The van der Waals surface area contributed by atoms with Gasteiger partial charge in [0.2, 0.25) is 11.8 Å². The van der Waals surface area contributed by atoms with Crippen molar-refractivity contribution in [3.05, 3.63) is 18.2 Å². The number of likely N-dealkylation sites (N-methyl/N-ethyl adjacent to an activating group) is 1. The van der Waals surface area contributed by atoms with E-state index in [-0.39, 0.29) is 24.9 Å². The second-order valence-electron chi connectivity index (χ2n) is 6.86. The molecule has 0 bridgehead atoms. The Morgan fingerprint density at radius 2 is 1.75 bits per heavy atom. The predicted octanol–water partition coefficient (Wildman–Crippen LogP) is 1.20. The van der Waals surface area contributed by atoms with Gasteiger partial charge in [-0.25, -0.2) is 4.79 Å². The summed E-state index contributed by atoms with van der Waals surface area (Å²) in [7, 11) is 0. The first-order valence-corrected chi connectivity index (χ1v) is 9.37. The molecule has 9 heteroatoms. The van der Waals surface area contributed by atoms with Gasteiger partial charge in [-0.3, -0.25) is 19.8 Å². The fourth-order valence-corrected chi connectivity index (χ4v) is 2.51. The molecular weight excluding hydrogens is 364 g/mol. The molecule has 0 spiro atoms. The van der Waals surface area contributed by atoms with Crippen LogP contribution in [0.4, 0.5) is 10.5 Å². The van der Waals surface area contributed by atoms with Crippen LogP contribution in [0.1, 0.15) is 20.8 Å². The Balaban J connectivity index is 1.80. The Hall–Kier alpha value is -2.81. The number of rotatable bonds is 8. The Morgan fingerprint density at radius 1 is 1.07 bits per heavy atom. The Labute approximate surface area is 164 Å². The van der Waals surface area contributed by atoms with Gasteiger partial charge in [0.05, 0.1) is 13.1 Å². The largest absolute Gasteiger partial charge is 0.486 e. The van der Waals surface area contributed by atoms with Crippen molar-refractivity contribution in [1.82, 2.24) is 15.5 Å². The zero-order chi connectivity index (χ0) is 20.5. The third-order valence-electron chi connectivity index (χ3n) is 3.93. The number of hydrogen-bond donors (Lipinski definition) is 3. The number of carbonyl (C=O) groups excluding carboxylic acids is 3. The molecule has 28 heavy (non-hydrogen) atoms. The van der Waals surface area contributed by atoms with Gasteiger partial charge in [-0.15, -0.1) is 0 Å². The maximum atomic E-state index is 12.3. The van der Waals surface area contributed by atoms with Crippen LogP contribution in [-0.2, 0) is 9.59 Å². The zero-order valence-corrected chi connectivity index (χ0v) is 16.5. The van der Waals surface area contributed by atoms with Crippen LogP contribution < -0.4 is 25.4 Å². The summed E-state index contributed by atoms with van der Waals surface area (Å²) in [6, 6.07) is 4.64. The lowest BCUT2D eigenvalue weighted by molar-refractivity contribution is -0.122. The number of nitrogens with one attached hydrogen (secondary N) is 3. The number of ether oxygens (including phenoxy) is 2. The van der Waals surface area contributed by atoms with Crippen LogP contribution in [-0.4, -0.2) is 62.1 Å². The van der Waals surface area contributed by atoms with Gasteiger partial charge in [-0.2, -0.15) is 0 Å². The molecule has 3 N–H and O–H groups in total. The first-order chi connectivity index (χ1) is 13.4. The summed E-state index contributed by atoms with van der Waals surface area (Å²) >= 11 is 0. The van der Waals surface area contributed by atoms with Gasteiger partial charge in [0.1, 0.15) is 13.2 Å². The second-order valence-corrected chi connectivity index (χ2v) is 6.86. The lowest BCUT2D eigenvalue weighted by atomic mass is 10.2. The van der Waals surface area contributed by atoms with Gasteiger partial charge in [0, 0.05) is 18.3 Å². The molecule has 1 aliphatic heterocycles. The molecule has 1 heterocycles. The highest BCUT2D eigenvalue weighted by Gasteiger charge is 2.17. The quantitative estimate of drug-likeness (QED) is 0.613. The van der Waals surface area contributed by atoms with Gasteiger partial charge in [-0.1, -0.05) is 20.8 Å². The first kappa shape index (κ1) is 21.5. The molecule has 0 fully saturated rings. The van der Waals surface area contributed by atoms with Crippen molar-refractivity contribution in [3.8, 4) is 11.5 Å². The van der Waals surface area contributed by atoms with Crippen molar-refractivity contribution in [2.45, 2.75) is 20.8 Å². The highest BCUT2D eigenvalue weighted by atomic mass is 16.6. The minimum Gasteiger partial charge on any atom is -0.486 e. The van der Waals surface area contributed by atoms with Gasteiger partial charge in [0.25, 0.3) is 0 Å². The van der Waals surface area contributed by atoms with Crippen LogP contribution in [0.15, 0.2) is 18.2 Å². The van der Waals surface area contributed by atoms with Crippen molar-refractivity contribution >= 4 is 23.5 Å². The molecule has 2 rings (SSSR count). The summed E-state index contributed by atoms with van der Waals surface area (Å²) < 4.78 is 10.9. The molecule has 0 unspecified atom stereocenters. The second kappa shape index (κ2) is 10.5. The third-order valence-corrected chi connectivity index (χ3v) is 3.93. The average molecular weight is 392 g/mol. The minimum absolute atomic E-state index is 0.0198. The molecule has 1 aromatic carbocycles. The molecule has 0 aliphatic carbocycles. The van der Waals surface area contributed by atoms with E-state index in [4.69, 9.17) is 9.47 Å². The normalized spacial score (nSPS) is 12.6. The fourth-order valence-electron chi connectivity index (χ4n) is 2.51. The summed E-state index contributed by atoms with van der Waals surface area (Å²) in [6.45, 7) is 7.65. The first-order valence-electron chi connectivity index (χ1n) is 9.37. The summed E-state index contributed by atoms with van der Waals surface area (Å²) in [4.78, 5) is 37.6. The Morgan fingerprint density at radius 3 is 2.43 bits per heavy atom. The molecule has 1 aliphatic rings. The summed E-state index contributed by atoms with van der Waals surface area (Å²) in [5.41, 5.74) is 0.586. The fraction of sp³-hybridized carbons (Fsp3) is 0.526. The van der Waals surface area contributed by atoms with E-state index in [0.717, 1.165) is 0 Å². The van der Waals surface area contributed by atoms with Crippen molar-refractivity contribution in [2.75, 3.05) is 44.7 Å². The topological polar surface area (TPSA) is 109 Å². The van der Waals surface area contributed by atoms with Crippen LogP contribution in [0.2, 0.25) is 0 Å². The van der Waals surface area contributed by atoms with Gasteiger partial charge < -0.3 is 20.1 Å². The number of amides is 4. The number of urea groups is 1. The number of imide groups is 1. The highest BCUT2D eigenvalue weighted by molar-refractivity contribution is 5.96. The molecule has 154 valence electrons. The van der Waals surface area contributed by atoms with Crippen molar-refractivity contribution in [3.63, 3.8) is 0 Å². The van der Waals surface area contributed by atoms with E-state index < -0.39 is 11.9 Å². The molecule has 0 atom stereocenters. The molecule has 1 aromatic rings. The zero-order valence-electron chi connectivity index (χ0n) is 16.5. The van der Waals surface area contributed by atoms with Crippen LogP contribution in [0.3, 0.4) is 0 Å². The summed E-state index contributed by atoms with van der Waals surface area (Å²) in [5, 5.41) is 7.65. The molecular formula is C19H28N4O5. The van der Waals surface area contributed by atoms with Crippen LogP contribution >= 0.6 is 0 Å². The predicted molar refractivity (Wildman–Crippen MR) is 105 cm³/mol. The van der Waals surface area contributed by atoms with Gasteiger partial charge in [0.15, 0.2) is 11.5 Å². The number of fused-ring (bicyclic) bond motifs is 1. The van der Waals surface area contributed by atoms with Gasteiger partial charge >= 0.3 is 6.03 Å². The Bertz CT molecular complexity index is 708. The monoisotopic (exact) mass is 392 g/mol. The maximum Gasteiger partial charge on any atom is 0.321 e.